The number of nitrogens with zero attached hydrogens (tertiary/aromatic N) is 2. The molecule has 0 aromatic heterocycles. The highest BCUT2D eigenvalue weighted by Crippen LogP contribution is 2.38. The molecule has 2 aliphatic heterocycles. The molecule has 1 fully saturated rings. The first-order valence-corrected chi connectivity index (χ1v) is 11.8. The average molecular weight is 414 g/mol. The van der Waals surface area contributed by atoms with E-state index in [9.17, 15) is 13.2 Å². The Balaban J connectivity index is 1.47. The first kappa shape index (κ1) is 19.9. The molecule has 2 aromatic rings. The molecule has 1 saturated heterocycles. The summed E-state index contributed by atoms with van der Waals surface area (Å²) < 4.78 is 25.6. The lowest BCUT2D eigenvalue weighted by Crippen LogP contribution is -2.42. The standard InChI is InChI=1S/C22H27N3O3S/c1-2-29(27,28)24-14-11-18(12-15-24)22(26)23-19-8-4-6-10-21(19)25-16-13-17-7-3-5-9-20(17)25/h3-10,18H,2,11-16H2,1H3,(H,23,26). The van der Waals surface area contributed by atoms with E-state index >= 15 is 0 Å². The van der Waals surface area contributed by atoms with E-state index in [-0.39, 0.29) is 17.6 Å². The van der Waals surface area contributed by atoms with Crippen LogP contribution in [0.2, 0.25) is 0 Å². The zero-order valence-corrected chi connectivity index (χ0v) is 17.5. The lowest BCUT2D eigenvalue weighted by atomic mass is 9.97. The van der Waals surface area contributed by atoms with Crippen molar-refractivity contribution in [3.8, 4) is 0 Å². The van der Waals surface area contributed by atoms with Gasteiger partial charge in [-0.25, -0.2) is 12.7 Å². The Bertz CT molecular complexity index is 998. The number of amides is 1. The van der Waals surface area contributed by atoms with Crippen LogP contribution in [0.4, 0.5) is 17.1 Å². The molecule has 2 heterocycles. The lowest BCUT2D eigenvalue weighted by Gasteiger charge is -2.30. The zero-order valence-electron chi connectivity index (χ0n) is 16.7. The first-order valence-electron chi connectivity index (χ1n) is 10.2. The number of para-hydroxylation sites is 3. The number of nitrogens with one attached hydrogen (secondary N) is 1. The predicted octanol–water partition coefficient (Wildman–Crippen LogP) is 3.38. The number of anilines is 3. The molecule has 4 rings (SSSR count). The van der Waals surface area contributed by atoms with Crippen molar-refractivity contribution in [1.29, 1.82) is 0 Å². The van der Waals surface area contributed by atoms with Gasteiger partial charge in [0.15, 0.2) is 0 Å². The first-order chi connectivity index (χ1) is 14.0. The second-order valence-corrected chi connectivity index (χ2v) is 9.87. The lowest BCUT2D eigenvalue weighted by molar-refractivity contribution is -0.120. The Morgan fingerprint density at radius 3 is 2.38 bits per heavy atom. The third-order valence-electron chi connectivity index (χ3n) is 5.92. The van der Waals surface area contributed by atoms with Crippen molar-refractivity contribution in [3.63, 3.8) is 0 Å². The molecule has 0 spiro atoms. The van der Waals surface area contributed by atoms with E-state index in [0.717, 1.165) is 24.3 Å². The van der Waals surface area contributed by atoms with E-state index in [4.69, 9.17) is 0 Å². The van der Waals surface area contributed by atoms with E-state index in [1.54, 1.807) is 6.92 Å². The predicted molar refractivity (Wildman–Crippen MR) is 116 cm³/mol. The maximum atomic E-state index is 12.9. The van der Waals surface area contributed by atoms with Crippen LogP contribution < -0.4 is 10.2 Å². The van der Waals surface area contributed by atoms with Gasteiger partial charge in [-0.2, -0.15) is 0 Å². The van der Waals surface area contributed by atoms with E-state index in [1.807, 2.05) is 30.3 Å². The van der Waals surface area contributed by atoms with Crippen LogP contribution in [-0.2, 0) is 21.2 Å². The molecular weight excluding hydrogens is 386 g/mol. The average Bonchev–Trinajstić information content (AvgIpc) is 3.18. The van der Waals surface area contributed by atoms with Gasteiger partial charge in [0.25, 0.3) is 0 Å². The maximum Gasteiger partial charge on any atom is 0.227 e. The number of fused-ring (bicyclic) bond motifs is 1. The van der Waals surface area contributed by atoms with Gasteiger partial charge in [0, 0.05) is 31.2 Å². The molecule has 154 valence electrons. The zero-order chi connectivity index (χ0) is 20.4. The van der Waals surface area contributed by atoms with Crippen LogP contribution in [0.1, 0.15) is 25.3 Å². The van der Waals surface area contributed by atoms with Crippen LogP contribution in [0.5, 0.6) is 0 Å². The number of benzene rings is 2. The van der Waals surface area contributed by atoms with Gasteiger partial charge < -0.3 is 10.2 Å². The van der Waals surface area contributed by atoms with Crippen molar-refractivity contribution in [2.45, 2.75) is 26.2 Å². The number of rotatable bonds is 5. The summed E-state index contributed by atoms with van der Waals surface area (Å²) in [5, 5.41) is 3.11. The minimum absolute atomic E-state index is 0.0292. The smallest absolute Gasteiger partial charge is 0.227 e. The third kappa shape index (κ3) is 4.02. The molecule has 0 aliphatic carbocycles. The molecule has 0 atom stereocenters. The Morgan fingerprint density at radius 2 is 1.66 bits per heavy atom. The van der Waals surface area contributed by atoms with Gasteiger partial charge in [0.2, 0.25) is 15.9 Å². The fourth-order valence-electron chi connectivity index (χ4n) is 4.22. The summed E-state index contributed by atoms with van der Waals surface area (Å²) in [6.45, 7) is 3.37. The highest BCUT2D eigenvalue weighted by molar-refractivity contribution is 7.89. The molecule has 2 aliphatic rings. The van der Waals surface area contributed by atoms with E-state index < -0.39 is 10.0 Å². The number of carbonyl (C=O) groups is 1. The van der Waals surface area contributed by atoms with Crippen LogP contribution in [0.3, 0.4) is 0 Å². The van der Waals surface area contributed by atoms with Crippen molar-refractivity contribution in [2.75, 3.05) is 35.6 Å². The van der Waals surface area contributed by atoms with Crippen LogP contribution in [0.15, 0.2) is 48.5 Å². The van der Waals surface area contributed by atoms with Crippen molar-refractivity contribution >= 4 is 33.0 Å². The second kappa shape index (κ2) is 8.16. The number of sulfonamides is 1. The van der Waals surface area contributed by atoms with E-state index in [0.29, 0.717) is 25.9 Å². The Labute approximate surface area is 172 Å². The fraction of sp³-hybridized carbons (Fsp3) is 0.409. The number of hydrogen-bond donors (Lipinski definition) is 1. The summed E-state index contributed by atoms with van der Waals surface area (Å²) in [7, 11) is -3.18. The minimum atomic E-state index is -3.18. The highest BCUT2D eigenvalue weighted by atomic mass is 32.2. The van der Waals surface area contributed by atoms with Gasteiger partial charge in [-0.3, -0.25) is 4.79 Å². The molecule has 0 saturated carbocycles. The molecule has 0 bridgehead atoms. The molecule has 1 N–H and O–H groups in total. The van der Waals surface area contributed by atoms with Crippen molar-refractivity contribution in [3.05, 3.63) is 54.1 Å². The van der Waals surface area contributed by atoms with Crippen molar-refractivity contribution < 1.29 is 13.2 Å². The molecule has 7 heteroatoms. The third-order valence-corrected chi connectivity index (χ3v) is 7.80. The summed E-state index contributed by atoms with van der Waals surface area (Å²) in [5.41, 5.74) is 4.31. The SMILES string of the molecule is CCS(=O)(=O)N1CCC(C(=O)Nc2ccccc2N2CCc3ccccc32)CC1. The van der Waals surface area contributed by atoms with Gasteiger partial charge in [0.05, 0.1) is 17.1 Å². The maximum absolute atomic E-state index is 12.9. The Morgan fingerprint density at radius 1 is 1.00 bits per heavy atom. The van der Waals surface area contributed by atoms with Crippen molar-refractivity contribution in [1.82, 2.24) is 4.31 Å². The molecule has 0 unspecified atom stereocenters. The van der Waals surface area contributed by atoms with Gasteiger partial charge >= 0.3 is 0 Å². The quantitative estimate of drug-likeness (QED) is 0.816. The van der Waals surface area contributed by atoms with Crippen LogP contribution in [0, 0.1) is 5.92 Å². The van der Waals surface area contributed by atoms with Crippen LogP contribution in [-0.4, -0.2) is 44.0 Å². The molecular formula is C22H27N3O3S. The monoisotopic (exact) mass is 413 g/mol. The number of piperidine rings is 1. The molecule has 6 nitrogen and oxygen atoms in total. The molecule has 0 radical (unpaired) electrons. The Hall–Kier alpha value is -2.38. The topological polar surface area (TPSA) is 69.7 Å². The van der Waals surface area contributed by atoms with Crippen LogP contribution >= 0.6 is 0 Å². The summed E-state index contributed by atoms with van der Waals surface area (Å²) >= 11 is 0. The molecule has 2 aromatic carbocycles. The fourth-order valence-corrected chi connectivity index (χ4v) is 5.35. The summed E-state index contributed by atoms with van der Waals surface area (Å²) in [6.07, 6.45) is 2.10. The Kier molecular flexibility index (Phi) is 5.61. The molecule has 29 heavy (non-hydrogen) atoms. The van der Waals surface area contributed by atoms with E-state index in [2.05, 4.69) is 28.4 Å². The van der Waals surface area contributed by atoms with Gasteiger partial charge in [0.1, 0.15) is 0 Å². The highest BCUT2D eigenvalue weighted by Gasteiger charge is 2.31. The van der Waals surface area contributed by atoms with Gasteiger partial charge in [-0.1, -0.05) is 30.3 Å². The number of carbonyl (C=O) groups excluding carboxylic acids is 1. The van der Waals surface area contributed by atoms with Gasteiger partial charge in [-0.05, 0) is 49.9 Å². The number of hydrogen-bond acceptors (Lipinski definition) is 4. The summed E-state index contributed by atoms with van der Waals surface area (Å²) in [4.78, 5) is 15.2. The minimum Gasteiger partial charge on any atom is -0.339 e. The van der Waals surface area contributed by atoms with Crippen LogP contribution in [0.25, 0.3) is 0 Å². The molecule has 1 amide bonds. The second-order valence-electron chi connectivity index (χ2n) is 7.61. The van der Waals surface area contributed by atoms with Gasteiger partial charge in [-0.15, -0.1) is 0 Å². The summed E-state index contributed by atoms with van der Waals surface area (Å²) in [6, 6.07) is 16.2. The largest absolute Gasteiger partial charge is 0.339 e. The van der Waals surface area contributed by atoms with Crippen molar-refractivity contribution in [2.24, 2.45) is 5.92 Å². The van der Waals surface area contributed by atoms with E-state index in [1.165, 1.54) is 15.6 Å². The normalized spacial score (nSPS) is 17.9. The summed E-state index contributed by atoms with van der Waals surface area (Å²) in [5.74, 6) is -0.0927.